The van der Waals surface area contributed by atoms with Crippen LogP contribution in [0.2, 0.25) is 0 Å². The maximum atomic E-state index is 12.1. The molecule has 1 rings (SSSR count). The second kappa shape index (κ2) is 8.21. The van der Waals surface area contributed by atoms with Crippen LogP contribution in [0.5, 0.6) is 0 Å². The number of carbonyl (C=O) groups excluding carboxylic acids is 1. The van der Waals surface area contributed by atoms with Crippen LogP contribution >= 0.6 is 0 Å². The van der Waals surface area contributed by atoms with E-state index in [2.05, 4.69) is 16.6 Å². The molecule has 0 spiro atoms. The summed E-state index contributed by atoms with van der Waals surface area (Å²) in [4.78, 5) is 12.1. The van der Waals surface area contributed by atoms with E-state index in [4.69, 9.17) is 0 Å². The molecular weight excluding hydrogens is 320 g/mol. The van der Waals surface area contributed by atoms with Crippen molar-refractivity contribution in [3.05, 3.63) is 42.5 Å². The summed E-state index contributed by atoms with van der Waals surface area (Å²) in [5.74, 6) is -0.487. The average Bonchev–Trinajstić information content (AvgIpc) is 2.57. The molecule has 1 amide bonds. The first kappa shape index (κ1) is 19.3. The molecule has 0 atom stereocenters. The minimum atomic E-state index is -3.71. The smallest absolute Gasteiger partial charge is 0.251 e. The Morgan fingerprint density at radius 2 is 2.00 bits per heavy atom. The van der Waals surface area contributed by atoms with Crippen LogP contribution in [-0.2, 0) is 10.0 Å². The van der Waals surface area contributed by atoms with Crippen LogP contribution in [-0.4, -0.2) is 50.8 Å². The number of aliphatic hydroxyl groups excluding tert-OH is 2. The third-order valence-electron chi connectivity index (χ3n) is 3.26. The number of hydrogen-bond acceptors (Lipinski definition) is 5. The van der Waals surface area contributed by atoms with Crippen LogP contribution in [0, 0.1) is 5.41 Å². The number of nitrogens with one attached hydrogen (secondary N) is 2. The van der Waals surface area contributed by atoms with E-state index in [1.807, 2.05) is 0 Å². The topological polar surface area (TPSA) is 116 Å². The molecule has 7 nitrogen and oxygen atoms in total. The predicted molar refractivity (Wildman–Crippen MR) is 86.4 cm³/mol. The monoisotopic (exact) mass is 342 g/mol. The first-order valence-corrected chi connectivity index (χ1v) is 8.47. The fourth-order valence-electron chi connectivity index (χ4n) is 1.61. The molecule has 1 aromatic carbocycles. The first-order valence-electron chi connectivity index (χ1n) is 6.98. The summed E-state index contributed by atoms with van der Waals surface area (Å²) in [5.41, 5.74) is -0.671. The Kier molecular flexibility index (Phi) is 6.89. The highest BCUT2D eigenvalue weighted by Gasteiger charge is 2.23. The highest BCUT2D eigenvalue weighted by Crippen LogP contribution is 2.14. The minimum Gasteiger partial charge on any atom is -0.396 e. The van der Waals surface area contributed by atoms with Crippen molar-refractivity contribution in [1.29, 1.82) is 0 Å². The molecule has 0 aliphatic rings. The van der Waals surface area contributed by atoms with Crippen molar-refractivity contribution >= 4 is 15.9 Å². The average molecular weight is 342 g/mol. The number of rotatable bonds is 9. The number of aliphatic hydroxyl groups is 2. The molecule has 0 aliphatic heterocycles. The van der Waals surface area contributed by atoms with E-state index in [1.165, 1.54) is 30.3 Å². The van der Waals surface area contributed by atoms with E-state index in [9.17, 15) is 23.4 Å². The predicted octanol–water partition coefficient (Wildman–Crippen LogP) is -0.128. The zero-order valence-corrected chi connectivity index (χ0v) is 13.8. The van der Waals surface area contributed by atoms with Crippen LogP contribution in [0.3, 0.4) is 0 Å². The zero-order chi connectivity index (χ0) is 17.5. The molecule has 0 radical (unpaired) electrons. The number of hydrogen-bond donors (Lipinski definition) is 4. The zero-order valence-electron chi connectivity index (χ0n) is 12.9. The summed E-state index contributed by atoms with van der Waals surface area (Å²) in [7, 11) is -3.71. The fraction of sp³-hybridized carbons (Fsp3) is 0.400. The second-order valence-corrected chi connectivity index (χ2v) is 7.24. The van der Waals surface area contributed by atoms with Crippen LogP contribution in [0.1, 0.15) is 17.3 Å². The van der Waals surface area contributed by atoms with Gasteiger partial charge in [-0.05, 0) is 18.2 Å². The van der Waals surface area contributed by atoms with Gasteiger partial charge in [-0.2, -0.15) is 0 Å². The number of sulfonamides is 1. The Balaban J connectivity index is 2.88. The molecule has 8 heteroatoms. The Morgan fingerprint density at radius 1 is 1.35 bits per heavy atom. The third kappa shape index (κ3) is 5.43. The van der Waals surface area contributed by atoms with Crippen molar-refractivity contribution in [2.45, 2.75) is 11.8 Å². The fourth-order valence-corrected chi connectivity index (χ4v) is 2.66. The Labute approximate surface area is 136 Å². The van der Waals surface area contributed by atoms with Crippen LogP contribution in [0.15, 0.2) is 41.8 Å². The maximum absolute atomic E-state index is 12.1. The van der Waals surface area contributed by atoms with Gasteiger partial charge in [-0.15, -0.1) is 6.58 Å². The summed E-state index contributed by atoms with van der Waals surface area (Å²) in [6.45, 7) is 4.62. The Morgan fingerprint density at radius 3 is 2.57 bits per heavy atom. The summed E-state index contributed by atoms with van der Waals surface area (Å²) in [6.07, 6.45) is 1.42. The van der Waals surface area contributed by atoms with Crippen molar-refractivity contribution in [3.63, 3.8) is 0 Å². The minimum absolute atomic E-state index is 0.0286. The SMILES string of the molecule is C=CCNS(=O)(=O)c1cccc(C(=O)NCC(C)(CO)CO)c1. The highest BCUT2D eigenvalue weighted by atomic mass is 32.2. The van der Waals surface area contributed by atoms with Gasteiger partial charge in [-0.3, -0.25) is 4.79 Å². The molecular formula is C15H22N2O5S. The van der Waals surface area contributed by atoms with Gasteiger partial charge < -0.3 is 15.5 Å². The molecule has 4 N–H and O–H groups in total. The Hall–Kier alpha value is -1.74. The van der Waals surface area contributed by atoms with Gasteiger partial charge in [0.1, 0.15) is 0 Å². The summed E-state index contributed by atoms with van der Waals surface area (Å²) in [5, 5.41) is 21.0. The molecule has 23 heavy (non-hydrogen) atoms. The van der Waals surface area contributed by atoms with E-state index in [-0.39, 0.29) is 36.8 Å². The molecule has 0 unspecified atom stereocenters. The van der Waals surface area contributed by atoms with Gasteiger partial charge in [0, 0.05) is 24.1 Å². The lowest BCUT2D eigenvalue weighted by atomic mass is 9.93. The third-order valence-corrected chi connectivity index (χ3v) is 4.68. The number of carbonyl (C=O) groups is 1. The largest absolute Gasteiger partial charge is 0.396 e. The quantitative estimate of drug-likeness (QED) is 0.467. The van der Waals surface area contributed by atoms with Crippen LogP contribution in [0.25, 0.3) is 0 Å². The molecule has 1 aromatic rings. The van der Waals surface area contributed by atoms with Crippen molar-refractivity contribution < 1.29 is 23.4 Å². The van der Waals surface area contributed by atoms with Crippen molar-refractivity contribution in [2.75, 3.05) is 26.3 Å². The molecule has 0 bridgehead atoms. The van der Waals surface area contributed by atoms with E-state index in [1.54, 1.807) is 6.92 Å². The molecule has 0 aliphatic carbocycles. The van der Waals surface area contributed by atoms with E-state index in [0.29, 0.717) is 0 Å². The lowest BCUT2D eigenvalue weighted by Gasteiger charge is -2.24. The maximum Gasteiger partial charge on any atom is 0.251 e. The number of amides is 1. The lowest BCUT2D eigenvalue weighted by molar-refractivity contribution is 0.0646. The van der Waals surface area contributed by atoms with E-state index < -0.39 is 21.3 Å². The lowest BCUT2D eigenvalue weighted by Crippen LogP contribution is -2.40. The molecule has 0 fully saturated rings. The van der Waals surface area contributed by atoms with E-state index in [0.717, 1.165) is 0 Å². The van der Waals surface area contributed by atoms with Crippen LogP contribution in [0.4, 0.5) is 0 Å². The normalized spacial score (nSPS) is 12.0. The Bertz CT molecular complexity index is 654. The van der Waals surface area contributed by atoms with Crippen LogP contribution < -0.4 is 10.0 Å². The molecule has 0 saturated carbocycles. The summed E-state index contributed by atoms with van der Waals surface area (Å²) < 4.78 is 26.4. The standard InChI is InChI=1S/C15H22N2O5S/c1-3-7-17-23(21,22)13-6-4-5-12(8-13)14(20)16-9-15(2,10-18)11-19/h3-6,8,17-19H,1,7,9-11H2,2H3,(H,16,20). The first-order chi connectivity index (χ1) is 10.8. The van der Waals surface area contributed by atoms with Crippen molar-refractivity contribution in [1.82, 2.24) is 10.0 Å². The summed E-state index contributed by atoms with van der Waals surface area (Å²) in [6, 6.07) is 5.59. The van der Waals surface area contributed by atoms with Gasteiger partial charge >= 0.3 is 0 Å². The number of benzene rings is 1. The second-order valence-electron chi connectivity index (χ2n) is 5.48. The van der Waals surface area contributed by atoms with Gasteiger partial charge in [-0.25, -0.2) is 13.1 Å². The molecule has 128 valence electrons. The van der Waals surface area contributed by atoms with E-state index >= 15 is 0 Å². The van der Waals surface area contributed by atoms with Gasteiger partial charge in [0.05, 0.1) is 18.1 Å². The van der Waals surface area contributed by atoms with Crippen molar-refractivity contribution in [3.8, 4) is 0 Å². The van der Waals surface area contributed by atoms with Gasteiger partial charge in [0.15, 0.2) is 0 Å². The van der Waals surface area contributed by atoms with Crippen molar-refractivity contribution in [2.24, 2.45) is 5.41 Å². The molecule has 0 saturated heterocycles. The molecule has 0 heterocycles. The van der Waals surface area contributed by atoms with Gasteiger partial charge in [0.2, 0.25) is 10.0 Å². The summed E-state index contributed by atoms with van der Waals surface area (Å²) >= 11 is 0. The highest BCUT2D eigenvalue weighted by molar-refractivity contribution is 7.89. The van der Waals surface area contributed by atoms with Gasteiger partial charge in [-0.1, -0.05) is 19.1 Å². The van der Waals surface area contributed by atoms with Gasteiger partial charge in [0.25, 0.3) is 5.91 Å². The molecule has 0 aromatic heterocycles.